The van der Waals surface area contributed by atoms with Gasteiger partial charge in [0, 0.05) is 22.2 Å². The first-order valence-corrected chi connectivity index (χ1v) is 7.63. The second-order valence-corrected chi connectivity index (χ2v) is 6.94. The van der Waals surface area contributed by atoms with E-state index >= 15 is 0 Å². The number of fused-ring (bicyclic) bond motifs is 2. The van der Waals surface area contributed by atoms with Crippen molar-refractivity contribution in [3.05, 3.63) is 29.3 Å². The summed E-state index contributed by atoms with van der Waals surface area (Å²) in [6.45, 7) is 0. The van der Waals surface area contributed by atoms with Crippen LogP contribution < -0.4 is 0 Å². The Morgan fingerprint density at radius 2 is 1.82 bits per heavy atom. The fourth-order valence-electron chi connectivity index (χ4n) is 3.18. The zero-order valence-electron chi connectivity index (χ0n) is 10.1. The van der Waals surface area contributed by atoms with Crippen LogP contribution in [0.4, 0.5) is 0 Å². The zero-order valence-corrected chi connectivity index (χ0v) is 11.7. The Balaban J connectivity index is 1.70. The fraction of sp³-hybridized carbons (Fsp3) is 0.571. The van der Waals surface area contributed by atoms with Crippen LogP contribution >= 0.6 is 23.4 Å². The summed E-state index contributed by atoms with van der Waals surface area (Å²) >= 11 is 8.21. The first kappa shape index (κ1) is 11.9. The topological polar surface area (TPSA) is 3.24 Å². The molecule has 0 N–H and O–H groups in total. The summed E-state index contributed by atoms with van der Waals surface area (Å²) in [6.07, 6.45) is 5.42. The van der Waals surface area contributed by atoms with E-state index in [-0.39, 0.29) is 0 Å². The van der Waals surface area contributed by atoms with E-state index < -0.39 is 0 Å². The summed E-state index contributed by atoms with van der Waals surface area (Å²) < 4.78 is 0. The minimum absolute atomic E-state index is 0.753. The molecule has 0 aromatic heterocycles. The highest BCUT2D eigenvalue weighted by Gasteiger charge is 2.38. The predicted molar refractivity (Wildman–Crippen MR) is 74.9 cm³/mol. The van der Waals surface area contributed by atoms with Crippen LogP contribution in [0.25, 0.3) is 0 Å². The molecule has 0 spiro atoms. The summed E-state index contributed by atoms with van der Waals surface area (Å²) in [4.78, 5) is 3.84. The SMILES string of the molecule is CN1C2CCC1CC(Sc1ccccc1Cl)C2. The van der Waals surface area contributed by atoms with Gasteiger partial charge in [0.1, 0.15) is 0 Å². The third-order valence-corrected chi connectivity index (χ3v) is 5.96. The van der Waals surface area contributed by atoms with Gasteiger partial charge in [-0.1, -0.05) is 23.7 Å². The van der Waals surface area contributed by atoms with E-state index in [1.165, 1.54) is 30.6 Å². The van der Waals surface area contributed by atoms with Gasteiger partial charge in [-0.15, -0.1) is 11.8 Å². The van der Waals surface area contributed by atoms with E-state index in [2.05, 4.69) is 24.1 Å². The molecule has 1 aromatic carbocycles. The molecule has 0 radical (unpaired) electrons. The van der Waals surface area contributed by atoms with Crippen molar-refractivity contribution in [1.29, 1.82) is 0 Å². The summed E-state index contributed by atoms with van der Waals surface area (Å²) in [6, 6.07) is 9.85. The van der Waals surface area contributed by atoms with Gasteiger partial charge in [-0.3, -0.25) is 0 Å². The van der Waals surface area contributed by atoms with E-state index in [1.807, 2.05) is 23.9 Å². The number of hydrogen-bond donors (Lipinski definition) is 0. The maximum absolute atomic E-state index is 6.23. The molecule has 1 aromatic rings. The summed E-state index contributed by atoms with van der Waals surface area (Å²) in [7, 11) is 2.29. The van der Waals surface area contributed by atoms with Gasteiger partial charge in [0.25, 0.3) is 0 Å². The summed E-state index contributed by atoms with van der Waals surface area (Å²) in [5.74, 6) is 0. The largest absolute Gasteiger partial charge is 0.300 e. The lowest BCUT2D eigenvalue weighted by Gasteiger charge is -2.36. The molecule has 2 aliphatic heterocycles. The fourth-order valence-corrected chi connectivity index (χ4v) is 4.78. The lowest BCUT2D eigenvalue weighted by atomic mass is 10.0. The van der Waals surface area contributed by atoms with Gasteiger partial charge < -0.3 is 4.90 Å². The van der Waals surface area contributed by atoms with Gasteiger partial charge in [-0.2, -0.15) is 0 Å². The Hall–Kier alpha value is -0.180. The molecule has 2 heterocycles. The Bertz CT molecular complexity index is 395. The number of benzene rings is 1. The van der Waals surface area contributed by atoms with E-state index in [1.54, 1.807) is 0 Å². The molecule has 0 saturated carbocycles. The van der Waals surface area contributed by atoms with Gasteiger partial charge in [0.2, 0.25) is 0 Å². The van der Waals surface area contributed by atoms with Crippen LogP contribution in [0, 0.1) is 0 Å². The van der Waals surface area contributed by atoms with E-state index in [4.69, 9.17) is 11.6 Å². The lowest BCUT2D eigenvalue weighted by Crippen LogP contribution is -2.40. The molecule has 1 nitrogen and oxygen atoms in total. The smallest absolute Gasteiger partial charge is 0.0541 e. The second kappa shape index (κ2) is 4.83. The number of thioether (sulfide) groups is 1. The molecule has 0 amide bonds. The predicted octanol–water partition coefficient (Wildman–Crippen LogP) is 4.06. The van der Waals surface area contributed by atoms with Crippen LogP contribution in [0.3, 0.4) is 0 Å². The van der Waals surface area contributed by atoms with Crippen molar-refractivity contribution in [2.24, 2.45) is 0 Å². The van der Waals surface area contributed by atoms with Gasteiger partial charge in [0.05, 0.1) is 5.02 Å². The standard InChI is InChI=1S/C14H18ClNS/c1-16-10-6-7-11(16)9-12(8-10)17-14-5-3-2-4-13(14)15/h2-5,10-12H,6-9H2,1H3. The molecule has 2 bridgehead atoms. The highest BCUT2D eigenvalue weighted by atomic mass is 35.5. The quantitative estimate of drug-likeness (QED) is 0.795. The summed E-state index contributed by atoms with van der Waals surface area (Å²) in [5, 5.41) is 1.66. The minimum atomic E-state index is 0.753. The van der Waals surface area contributed by atoms with E-state index in [0.29, 0.717) is 0 Å². The van der Waals surface area contributed by atoms with Crippen LogP contribution in [-0.2, 0) is 0 Å². The molecule has 92 valence electrons. The Labute approximate surface area is 113 Å². The average Bonchev–Trinajstić information content (AvgIpc) is 2.55. The zero-order chi connectivity index (χ0) is 11.8. The highest BCUT2D eigenvalue weighted by Crippen LogP contribution is 2.42. The van der Waals surface area contributed by atoms with Crippen LogP contribution in [0.15, 0.2) is 29.2 Å². The molecule has 2 unspecified atom stereocenters. The number of piperidine rings is 1. The van der Waals surface area contributed by atoms with Crippen molar-refractivity contribution in [2.75, 3.05) is 7.05 Å². The highest BCUT2D eigenvalue weighted by molar-refractivity contribution is 8.00. The molecule has 3 heteroatoms. The lowest BCUT2D eigenvalue weighted by molar-refractivity contribution is 0.183. The van der Waals surface area contributed by atoms with E-state index in [9.17, 15) is 0 Å². The van der Waals surface area contributed by atoms with Crippen LogP contribution in [0.1, 0.15) is 25.7 Å². The summed E-state index contributed by atoms with van der Waals surface area (Å²) in [5.41, 5.74) is 0. The molecular weight excluding hydrogens is 250 g/mol. The number of nitrogens with zero attached hydrogens (tertiary/aromatic N) is 1. The number of hydrogen-bond acceptors (Lipinski definition) is 2. The average molecular weight is 268 g/mol. The van der Waals surface area contributed by atoms with Crippen LogP contribution in [0.2, 0.25) is 5.02 Å². The Morgan fingerprint density at radius 1 is 1.18 bits per heavy atom. The van der Waals surface area contributed by atoms with Gasteiger partial charge >= 0.3 is 0 Å². The minimum Gasteiger partial charge on any atom is -0.300 e. The maximum atomic E-state index is 6.23. The van der Waals surface area contributed by atoms with Gasteiger partial charge in [-0.25, -0.2) is 0 Å². The first-order valence-electron chi connectivity index (χ1n) is 6.37. The van der Waals surface area contributed by atoms with Crippen molar-refractivity contribution in [3.63, 3.8) is 0 Å². The van der Waals surface area contributed by atoms with Gasteiger partial charge in [0.15, 0.2) is 0 Å². The number of rotatable bonds is 2. The van der Waals surface area contributed by atoms with Crippen molar-refractivity contribution < 1.29 is 0 Å². The molecule has 3 rings (SSSR count). The second-order valence-electron chi connectivity index (χ2n) is 5.19. The molecule has 0 aliphatic carbocycles. The van der Waals surface area contributed by atoms with Crippen molar-refractivity contribution in [3.8, 4) is 0 Å². The third kappa shape index (κ3) is 2.35. The monoisotopic (exact) mass is 267 g/mol. The number of halogens is 1. The van der Waals surface area contributed by atoms with E-state index in [0.717, 1.165) is 22.4 Å². The Kier molecular flexibility index (Phi) is 3.38. The molecule has 2 saturated heterocycles. The third-order valence-electron chi connectivity index (χ3n) is 4.19. The van der Waals surface area contributed by atoms with Crippen molar-refractivity contribution in [2.45, 2.75) is 47.9 Å². The van der Waals surface area contributed by atoms with Crippen molar-refractivity contribution in [1.82, 2.24) is 4.90 Å². The van der Waals surface area contributed by atoms with Crippen LogP contribution in [-0.4, -0.2) is 29.3 Å². The first-order chi connectivity index (χ1) is 8.24. The molecule has 2 fully saturated rings. The Morgan fingerprint density at radius 3 is 2.47 bits per heavy atom. The molecule has 17 heavy (non-hydrogen) atoms. The van der Waals surface area contributed by atoms with Crippen LogP contribution in [0.5, 0.6) is 0 Å². The van der Waals surface area contributed by atoms with Crippen molar-refractivity contribution >= 4 is 23.4 Å². The van der Waals surface area contributed by atoms with Gasteiger partial charge in [-0.05, 0) is 44.9 Å². The molecular formula is C14H18ClNS. The maximum Gasteiger partial charge on any atom is 0.0541 e. The normalized spacial score (nSPS) is 32.9. The molecule has 2 aliphatic rings. The molecule has 2 atom stereocenters.